The van der Waals surface area contributed by atoms with Crippen LogP contribution in [0.1, 0.15) is 155 Å². The van der Waals surface area contributed by atoms with Crippen molar-refractivity contribution < 1.29 is 67.8 Å². The predicted octanol–water partition coefficient (Wildman–Crippen LogP) is 4.75. The van der Waals surface area contributed by atoms with E-state index in [9.17, 15) is 38.7 Å². The molecule has 2 atom stereocenters. The zero-order valence-electron chi connectivity index (χ0n) is 37.5. The monoisotopic (exact) mass is 889 g/mol. The van der Waals surface area contributed by atoms with Crippen molar-refractivity contribution in [2.45, 2.75) is 161 Å². The molecule has 0 aromatic heterocycles. The van der Waals surface area contributed by atoms with Gasteiger partial charge < -0.3 is 55.5 Å². The number of carboxylic acids is 3. The Morgan fingerprint density at radius 2 is 0.823 bits per heavy atom. The molecular weight excluding hydrogens is 808 g/mol. The van der Waals surface area contributed by atoms with Crippen molar-refractivity contribution in [3.05, 3.63) is 0 Å². The summed E-state index contributed by atoms with van der Waals surface area (Å²) in [6.45, 7) is 3.60. The van der Waals surface area contributed by atoms with Crippen LogP contribution in [0.2, 0.25) is 0 Å². The van der Waals surface area contributed by atoms with Crippen LogP contribution in [-0.4, -0.2) is 135 Å². The third kappa shape index (κ3) is 41.5. The Morgan fingerprint density at radius 3 is 1.27 bits per heavy atom. The van der Waals surface area contributed by atoms with Crippen LogP contribution in [0.4, 0.5) is 0 Å². The van der Waals surface area contributed by atoms with Gasteiger partial charge in [0.2, 0.25) is 23.6 Å². The van der Waals surface area contributed by atoms with Gasteiger partial charge in [0.1, 0.15) is 19.3 Å². The SMILES string of the molecule is C[C@@H](CCCCNC(=O)COCCOCCNC(=O)COCCOCCNC(=O)CC[C@H](NC(=O)CCCCCCCCCCCCCCCCCCC(=O)O)C(=O)O)C(=O)O. The van der Waals surface area contributed by atoms with Crippen LogP contribution < -0.4 is 21.3 Å². The molecule has 18 nitrogen and oxygen atoms in total. The third-order valence-corrected chi connectivity index (χ3v) is 9.99. The summed E-state index contributed by atoms with van der Waals surface area (Å²) in [6.07, 6.45) is 20.2. The molecule has 4 amide bonds. The van der Waals surface area contributed by atoms with Gasteiger partial charge in [-0.2, -0.15) is 0 Å². The van der Waals surface area contributed by atoms with Crippen LogP contribution in [0.3, 0.4) is 0 Å². The Kier molecular flexibility index (Phi) is 39.8. The minimum atomic E-state index is -1.18. The smallest absolute Gasteiger partial charge is 0.326 e. The van der Waals surface area contributed by atoms with E-state index >= 15 is 0 Å². The van der Waals surface area contributed by atoms with Gasteiger partial charge in [0, 0.05) is 38.9 Å². The molecule has 0 aliphatic carbocycles. The van der Waals surface area contributed by atoms with E-state index in [0.29, 0.717) is 32.2 Å². The minimum absolute atomic E-state index is 0.0259. The molecule has 0 aliphatic heterocycles. The number of rotatable bonds is 46. The largest absolute Gasteiger partial charge is 0.481 e. The molecule has 62 heavy (non-hydrogen) atoms. The first-order valence-corrected chi connectivity index (χ1v) is 23.0. The second kappa shape index (κ2) is 42.4. The van der Waals surface area contributed by atoms with E-state index < -0.39 is 29.9 Å². The van der Waals surface area contributed by atoms with Crippen molar-refractivity contribution in [2.24, 2.45) is 5.92 Å². The predicted molar refractivity (Wildman–Crippen MR) is 232 cm³/mol. The number of carboxylic acid groups (broad SMARTS) is 3. The van der Waals surface area contributed by atoms with Crippen LogP contribution in [-0.2, 0) is 52.5 Å². The summed E-state index contributed by atoms with van der Waals surface area (Å²) in [7, 11) is 0. The molecule has 0 saturated heterocycles. The molecule has 0 aromatic carbocycles. The van der Waals surface area contributed by atoms with Gasteiger partial charge in [-0.15, -0.1) is 0 Å². The van der Waals surface area contributed by atoms with E-state index in [4.69, 9.17) is 29.2 Å². The van der Waals surface area contributed by atoms with E-state index in [2.05, 4.69) is 21.3 Å². The fraction of sp³-hybridized carbons (Fsp3) is 0.841. The number of ether oxygens (including phenoxy) is 4. The first-order chi connectivity index (χ1) is 29.9. The lowest BCUT2D eigenvalue weighted by Gasteiger charge is -2.14. The van der Waals surface area contributed by atoms with Gasteiger partial charge in [0.25, 0.3) is 0 Å². The first kappa shape index (κ1) is 58.1. The highest BCUT2D eigenvalue weighted by molar-refractivity contribution is 5.84. The molecule has 0 saturated carbocycles. The van der Waals surface area contributed by atoms with E-state index in [1.54, 1.807) is 6.92 Å². The van der Waals surface area contributed by atoms with Gasteiger partial charge in [0.05, 0.1) is 45.6 Å². The summed E-state index contributed by atoms with van der Waals surface area (Å²) in [5.74, 6) is -4.37. The molecule has 18 heteroatoms. The highest BCUT2D eigenvalue weighted by Gasteiger charge is 2.21. The zero-order chi connectivity index (χ0) is 45.9. The molecule has 0 bridgehead atoms. The highest BCUT2D eigenvalue weighted by Crippen LogP contribution is 2.15. The Hall–Kier alpha value is -3.87. The van der Waals surface area contributed by atoms with E-state index in [1.807, 2.05) is 0 Å². The van der Waals surface area contributed by atoms with E-state index in [1.165, 1.54) is 57.8 Å². The number of hydrogen-bond donors (Lipinski definition) is 7. The first-order valence-electron chi connectivity index (χ1n) is 23.0. The van der Waals surface area contributed by atoms with Gasteiger partial charge in [-0.1, -0.05) is 103 Å². The third-order valence-electron chi connectivity index (χ3n) is 9.99. The number of carbonyl (C=O) groups is 7. The lowest BCUT2D eigenvalue weighted by Crippen LogP contribution is -2.41. The van der Waals surface area contributed by atoms with Crippen LogP contribution in [0, 0.1) is 5.92 Å². The topological polar surface area (TPSA) is 265 Å². The summed E-state index contributed by atoms with van der Waals surface area (Å²) in [5.41, 5.74) is 0. The molecule has 0 rings (SSSR count). The summed E-state index contributed by atoms with van der Waals surface area (Å²) >= 11 is 0. The van der Waals surface area contributed by atoms with Crippen molar-refractivity contribution >= 4 is 41.5 Å². The number of amides is 4. The molecule has 0 unspecified atom stereocenters. The fourth-order valence-corrected chi connectivity index (χ4v) is 6.25. The lowest BCUT2D eigenvalue weighted by molar-refractivity contribution is -0.142. The molecule has 0 radical (unpaired) electrons. The van der Waals surface area contributed by atoms with Gasteiger partial charge in [-0.3, -0.25) is 28.8 Å². The quantitative estimate of drug-likeness (QED) is 0.0407. The van der Waals surface area contributed by atoms with Crippen molar-refractivity contribution in [1.82, 2.24) is 21.3 Å². The zero-order valence-corrected chi connectivity index (χ0v) is 37.5. The minimum Gasteiger partial charge on any atom is -0.481 e. The van der Waals surface area contributed by atoms with Crippen molar-refractivity contribution in [3.63, 3.8) is 0 Å². The maximum atomic E-state index is 12.3. The molecule has 0 fully saturated rings. The second-order valence-electron chi connectivity index (χ2n) is 15.7. The van der Waals surface area contributed by atoms with Crippen LogP contribution in [0.25, 0.3) is 0 Å². The van der Waals surface area contributed by atoms with Crippen LogP contribution in [0.15, 0.2) is 0 Å². The number of carbonyl (C=O) groups excluding carboxylic acids is 4. The van der Waals surface area contributed by atoms with E-state index in [0.717, 1.165) is 38.5 Å². The molecule has 0 spiro atoms. The maximum absolute atomic E-state index is 12.3. The molecule has 0 heterocycles. The maximum Gasteiger partial charge on any atom is 0.326 e. The average Bonchev–Trinajstić information content (AvgIpc) is 3.23. The molecule has 0 aliphatic rings. The van der Waals surface area contributed by atoms with Crippen molar-refractivity contribution in [1.29, 1.82) is 0 Å². The van der Waals surface area contributed by atoms with Crippen LogP contribution in [0.5, 0.6) is 0 Å². The molecule has 0 aromatic rings. The number of unbranched alkanes of at least 4 members (excludes halogenated alkanes) is 16. The molecular formula is C44H80N4O14. The average molecular weight is 889 g/mol. The molecule has 360 valence electrons. The van der Waals surface area contributed by atoms with Gasteiger partial charge >= 0.3 is 17.9 Å². The number of nitrogens with one attached hydrogen (secondary N) is 4. The van der Waals surface area contributed by atoms with Gasteiger partial charge in [0.15, 0.2) is 0 Å². The Balaban J connectivity index is 3.63. The van der Waals surface area contributed by atoms with Crippen molar-refractivity contribution in [2.75, 3.05) is 72.5 Å². The second-order valence-corrected chi connectivity index (χ2v) is 15.7. The fourth-order valence-electron chi connectivity index (χ4n) is 6.25. The normalized spacial score (nSPS) is 12.0. The lowest BCUT2D eigenvalue weighted by atomic mass is 10.0. The van der Waals surface area contributed by atoms with Crippen molar-refractivity contribution in [3.8, 4) is 0 Å². The number of hydrogen-bond acceptors (Lipinski definition) is 11. The standard InChI is InChI=1S/C44H80N4O14/c1-36(43(55)56)20-18-19-25-45-40(51)34-61-32-31-60-29-27-47-41(52)35-62-33-30-59-28-26-46-38(49)24-23-37(44(57)58)48-39(50)21-16-14-12-10-8-6-4-2-3-5-7-9-11-13-15-17-22-42(53)54/h36-37H,2-35H2,1H3,(H,45,51)(H,46,49)(H,47,52)(H,48,50)(H,53,54)(H,55,56)(H,57,58)/t36-,37-/m0/s1. The Bertz CT molecular complexity index is 1210. The summed E-state index contributed by atoms with van der Waals surface area (Å²) in [4.78, 5) is 81.1. The number of aliphatic carboxylic acids is 3. The molecule has 7 N–H and O–H groups in total. The van der Waals surface area contributed by atoms with Gasteiger partial charge in [-0.05, 0) is 32.1 Å². The Labute approximate surface area is 369 Å². The summed E-state index contributed by atoms with van der Waals surface area (Å²) in [6, 6.07) is -1.14. The summed E-state index contributed by atoms with van der Waals surface area (Å²) < 4.78 is 21.3. The Morgan fingerprint density at radius 1 is 0.403 bits per heavy atom. The summed E-state index contributed by atoms with van der Waals surface area (Å²) in [5, 5.41) is 37.6. The van der Waals surface area contributed by atoms with E-state index in [-0.39, 0.29) is 115 Å². The van der Waals surface area contributed by atoms with Crippen LogP contribution >= 0.6 is 0 Å². The van der Waals surface area contributed by atoms with Gasteiger partial charge in [-0.25, -0.2) is 4.79 Å². The highest BCUT2D eigenvalue weighted by atomic mass is 16.5.